The first kappa shape index (κ1) is 19.5. The highest BCUT2D eigenvalue weighted by Gasteiger charge is 2.32. The molecule has 0 saturated heterocycles. The van der Waals surface area contributed by atoms with Gasteiger partial charge >= 0.3 is 5.97 Å². The number of hydrogen-bond acceptors (Lipinski definition) is 5. The summed E-state index contributed by atoms with van der Waals surface area (Å²) >= 11 is 0. The van der Waals surface area contributed by atoms with Gasteiger partial charge in [0.25, 0.3) is 0 Å². The number of halogens is 1. The van der Waals surface area contributed by atoms with Gasteiger partial charge in [0.05, 0.1) is 12.0 Å². The van der Waals surface area contributed by atoms with E-state index in [1.165, 1.54) is 0 Å². The van der Waals surface area contributed by atoms with Crippen molar-refractivity contribution in [3.63, 3.8) is 0 Å². The lowest BCUT2D eigenvalue weighted by atomic mass is 9.89. The molecule has 5 nitrogen and oxygen atoms in total. The number of rotatable bonds is 4. The molecule has 0 unspecified atom stereocenters. The van der Waals surface area contributed by atoms with Crippen LogP contribution in [-0.2, 0) is 9.53 Å². The minimum Gasteiger partial charge on any atom is -0.460 e. The maximum atomic E-state index is 12.1. The Hall–Kier alpha value is -0.530. The van der Waals surface area contributed by atoms with Crippen molar-refractivity contribution in [3.8, 4) is 0 Å². The quantitative estimate of drug-likeness (QED) is 0.584. The molecular formula is C14H28IN3O2. The maximum absolute atomic E-state index is 12.1. The van der Waals surface area contributed by atoms with E-state index in [0.717, 1.165) is 32.0 Å². The van der Waals surface area contributed by atoms with Gasteiger partial charge < -0.3 is 15.0 Å². The van der Waals surface area contributed by atoms with Crippen molar-refractivity contribution in [2.45, 2.75) is 46.6 Å². The van der Waals surface area contributed by atoms with Gasteiger partial charge in [0.1, 0.15) is 5.60 Å². The average molecular weight is 397 g/mol. The molecule has 6 heteroatoms. The van der Waals surface area contributed by atoms with Crippen LogP contribution in [0, 0.1) is 5.41 Å². The zero-order chi connectivity index (χ0) is 14.7. The Balaban J connectivity index is 0.00000361. The summed E-state index contributed by atoms with van der Waals surface area (Å²) in [5.74, 6) is 0.767. The van der Waals surface area contributed by atoms with Crippen LogP contribution in [0.4, 0.5) is 0 Å². The molecule has 0 atom stereocenters. The van der Waals surface area contributed by atoms with Gasteiger partial charge in [0.15, 0.2) is 5.96 Å². The third-order valence-corrected chi connectivity index (χ3v) is 3.04. The van der Waals surface area contributed by atoms with Crippen LogP contribution in [0.3, 0.4) is 0 Å². The highest BCUT2D eigenvalue weighted by molar-refractivity contribution is 14.0. The number of nitrogens with one attached hydrogen (secondary N) is 1. The van der Waals surface area contributed by atoms with E-state index in [0.29, 0.717) is 0 Å². The van der Waals surface area contributed by atoms with Gasteiger partial charge in [0.2, 0.25) is 0 Å². The predicted molar refractivity (Wildman–Crippen MR) is 92.6 cm³/mol. The first-order valence-corrected chi connectivity index (χ1v) is 6.85. The molecule has 1 heterocycles. The minimum absolute atomic E-state index is 0. The Bertz CT molecular complexity index is 362. The van der Waals surface area contributed by atoms with Crippen LogP contribution in [0.15, 0.2) is 4.99 Å². The number of likely N-dealkylation sites (N-methyl/N-ethyl adjacent to an activating group) is 1. The maximum Gasteiger partial charge on any atom is 0.312 e. The zero-order valence-corrected chi connectivity index (χ0v) is 15.8. The van der Waals surface area contributed by atoms with Gasteiger partial charge in [-0.25, -0.2) is 0 Å². The predicted octanol–water partition coefficient (Wildman–Crippen LogP) is 2.25. The van der Waals surface area contributed by atoms with E-state index in [1.807, 2.05) is 41.7 Å². The van der Waals surface area contributed by atoms with Crippen molar-refractivity contribution in [2.75, 3.05) is 26.7 Å². The summed E-state index contributed by atoms with van der Waals surface area (Å²) in [4.78, 5) is 18.5. The lowest BCUT2D eigenvalue weighted by Crippen LogP contribution is -2.40. The number of esters is 1. The van der Waals surface area contributed by atoms with Gasteiger partial charge in [-0.3, -0.25) is 9.79 Å². The summed E-state index contributed by atoms with van der Waals surface area (Å²) in [6, 6.07) is 0. The second-order valence-corrected chi connectivity index (χ2v) is 6.69. The second kappa shape index (κ2) is 7.47. The highest BCUT2D eigenvalue weighted by Crippen LogP contribution is 2.24. The molecule has 1 N–H and O–H groups in total. The third kappa shape index (κ3) is 6.28. The number of carbonyl (C=O) groups excluding carboxylic acids is 1. The summed E-state index contributed by atoms with van der Waals surface area (Å²) in [5, 5.41) is 3.27. The van der Waals surface area contributed by atoms with Gasteiger partial charge in [0, 0.05) is 20.1 Å². The van der Waals surface area contributed by atoms with Crippen LogP contribution in [-0.4, -0.2) is 49.1 Å². The van der Waals surface area contributed by atoms with E-state index in [1.54, 1.807) is 0 Å². The Morgan fingerprint density at radius 2 is 1.95 bits per heavy atom. The van der Waals surface area contributed by atoms with Gasteiger partial charge in [-0.15, -0.1) is 24.0 Å². The second-order valence-electron chi connectivity index (χ2n) is 6.69. The fourth-order valence-electron chi connectivity index (χ4n) is 1.73. The normalized spacial score (nSPS) is 15.5. The Kier molecular flexibility index (Phi) is 7.27. The molecule has 0 spiro atoms. The van der Waals surface area contributed by atoms with Gasteiger partial charge in [-0.1, -0.05) is 0 Å². The van der Waals surface area contributed by atoms with Gasteiger partial charge in [-0.05, 0) is 41.0 Å². The van der Waals surface area contributed by atoms with E-state index in [2.05, 4.69) is 15.2 Å². The first-order valence-electron chi connectivity index (χ1n) is 6.85. The molecule has 1 aliphatic heterocycles. The summed E-state index contributed by atoms with van der Waals surface area (Å²) in [6.45, 7) is 12.0. The Labute approximate surface area is 139 Å². The van der Waals surface area contributed by atoms with Crippen molar-refractivity contribution in [1.82, 2.24) is 10.2 Å². The fraction of sp³-hybridized carbons (Fsp3) is 0.857. The lowest BCUT2D eigenvalue weighted by Gasteiger charge is -2.28. The molecule has 0 aliphatic carbocycles. The van der Waals surface area contributed by atoms with E-state index >= 15 is 0 Å². The number of ether oxygens (including phenoxy) is 1. The third-order valence-electron chi connectivity index (χ3n) is 3.04. The van der Waals surface area contributed by atoms with Crippen LogP contribution in [0.5, 0.6) is 0 Å². The number of carbonyl (C=O) groups is 1. The van der Waals surface area contributed by atoms with Crippen LogP contribution in [0.2, 0.25) is 0 Å². The summed E-state index contributed by atoms with van der Waals surface area (Å²) in [5.41, 5.74) is -0.921. The van der Waals surface area contributed by atoms with Crippen molar-refractivity contribution >= 4 is 35.9 Å². The largest absolute Gasteiger partial charge is 0.460 e. The number of aliphatic imine (C=N–C) groups is 1. The molecule has 1 rings (SSSR count). The number of hydrogen-bond donors (Lipinski definition) is 1. The molecule has 0 aromatic carbocycles. The summed E-state index contributed by atoms with van der Waals surface area (Å²) < 4.78 is 5.44. The van der Waals surface area contributed by atoms with E-state index in [9.17, 15) is 4.79 Å². The smallest absolute Gasteiger partial charge is 0.312 e. The minimum atomic E-state index is -0.488. The van der Waals surface area contributed by atoms with Crippen LogP contribution < -0.4 is 5.32 Å². The molecule has 0 aromatic rings. The molecule has 0 saturated carbocycles. The highest BCUT2D eigenvalue weighted by atomic mass is 127. The molecule has 1 aliphatic rings. The van der Waals surface area contributed by atoms with Crippen molar-refractivity contribution in [3.05, 3.63) is 0 Å². The number of guanidine groups is 1. The van der Waals surface area contributed by atoms with Crippen molar-refractivity contribution in [1.29, 1.82) is 0 Å². The average Bonchev–Trinajstić information content (AvgIpc) is 2.61. The first-order chi connectivity index (χ1) is 8.62. The fourth-order valence-corrected chi connectivity index (χ4v) is 1.73. The van der Waals surface area contributed by atoms with E-state index in [-0.39, 0.29) is 29.9 Å². The Morgan fingerprint density at radius 3 is 2.40 bits per heavy atom. The Morgan fingerprint density at radius 1 is 1.35 bits per heavy atom. The zero-order valence-electron chi connectivity index (χ0n) is 13.4. The lowest BCUT2D eigenvalue weighted by molar-refractivity contribution is -0.165. The molecule has 0 radical (unpaired) electrons. The molecule has 0 aromatic heterocycles. The molecule has 0 fully saturated rings. The molecule has 118 valence electrons. The van der Waals surface area contributed by atoms with E-state index in [4.69, 9.17) is 4.74 Å². The van der Waals surface area contributed by atoms with Crippen LogP contribution >= 0.6 is 24.0 Å². The topological polar surface area (TPSA) is 53.9 Å². The number of nitrogens with zero attached hydrogens (tertiary/aromatic N) is 2. The van der Waals surface area contributed by atoms with Crippen molar-refractivity contribution in [2.24, 2.45) is 10.4 Å². The van der Waals surface area contributed by atoms with Crippen LogP contribution in [0.25, 0.3) is 0 Å². The van der Waals surface area contributed by atoms with Gasteiger partial charge in [-0.2, -0.15) is 0 Å². The molecular weight excluding hydrogens is 369 g/mol. The van der Waals surface area contributed by atoms with Crippen molar-refractivity contribution < 1.29 is 9.53 Å². The monoisotopic (exact) mass is 397 g/mol. The van der Waals surface area contributed by atoms with Crippen LogP contribution in [0.1, 0.15) is 41.0 Å². The molecule has 20 heavy (non-hydrogen) atoms. The molecule has 0 bridgehead atoms. The van der Waals surface area contributed by atoms with E-state index < -0.39 is 11.0 Å². The standard InChI is InChI=1S/C14H27N3O2.HI/c1-13(2,3)19-11(18)14(4,5)7-8-15-12-16-9-10-17(12)6;/h7-10H2,1-6H3,(H,15,16);1H. The SMILES string of the molecule is CN1CCN=C1NCCC(C)(C)C(=O)OC(C)(C)C.I. The summed E-state index contributed by atoms with van der Waals surface area (Å²) in [6.07, 6.45) is 0.717. The molecule has 0 amide bonds. The summed E-state index contributed by atoms with van der Waals surface area (Å²) in [7, 11) is 2.01.